The maximum Gasteiger partial charge on any atom is 0.416 e. The highest BCUT2D eigenvalue weighted by atomic mass is 19.4. The molecule has 0 spiro atoms. The number of amides is 1. The number of anilines is 2. The fourth-order valence-electron chi connectivity index (χ4n) is 2.86. The fraction of sp³-hybridized carbons (Fsp3) is 0.350. The largest absolute Gasteiger partial charge is 0.484 e. The number of alkyl halides is 3. The molecule has 8 heteroatoms. The normalized spacial score (nSPS) is 14.6. The van der Waals surface area contributed by atoms with Gasteiger partial charge in [-0.1, -0.05) is 17.7 Å². The van der Waals surface area contributed by atoms with Crippen LogP contribution >= 0.6 is 0 Å². The Kier molecular flexibility index (Phi) is 6.08. The van der Waals surface area contributed by atoms with Crippen molar-refractivity contribution in [1.29, 1.82) is 0 Å². The molecule has 1 saturated heterocycles. The van der Waals surface area contributed by atoms with E-state index in [1.807, 2.05) is 24.0 Å². The van der Waals surface area contributed by atoms with Crippen molar-refractivity contribution in [2.75, 3.05) is 43.1 Å². The number of carbonyl (C=O) groups excluding carboxylic acids is 1. The van der Waals surface area contributed by atoms with Gasteiger partial charge in [0.2, 0.25) is 0 Å². The van der Waals surface area contributed by atoms with E-state index in [1.165, 1.54) is 6.07 Å². The number of hydrogen-bond acceptors (Lipinski definition) is 4. The lowest BCUT2D eigenvalue weighted by atomic mass is 10.1. The van der Waals surface area contributed by atoms with Gasteiger partial charge in [0.15, 0.2) is 6.61 Å². The van der Waals surface area contributed by atoms with Gasteiger partial charge in [-0.3, -0.25) is 4.79 Å². The molecule has 0 saturated carbocycles. The minimum Gasteiger partial charge on any atom is -0.484 e. The molecule has 150 valence electrons. The molecule has 1 aliphatic rings. The Labute approximate surface area is 161 Å². The van der Waals surface area contributed by atoms with Crippen molar-refractivity contribution in [3.8, 4) is 5.75 Å². The van der Waals surface area contributed by atoms with Crippen molar-refractivity contribution >= 4 is 17.3 Å². The first-order valence-corrected chi connectivity index (χ1v) is 8.86. The van der Waals surface area contributed by atoms with Crippen LogP contribution in [-0.4, -0.2) is 38.8 Å². The predicted molar refractivity (Wildman–Crippen MR) is 99.8 cm³/mol. The van der Waals surface area contributed by atoms with Gasteiger partial charge in [-0.2, -0.15) is 13.2 Å². The number of halogens is 3. The Morgan fingerprint density at radius 1 is 1.14 bits per heavy atom. The molecule has 0 radical (unpaired) electrons. The summed E-state index contributed by atoms with van der Waals surface area (Å²) in [6.45, 7) is 3.65. The van der Waals surface area contributed by atoms with Crippen molar-refractivity contribution in [2.24, 2.45) is 0 Å². The first-order chi connectivity index (χ1) is 13.3. The van der Waals surface area contributed by atoms with E-state index >= 15 is 0 Å². The van der Waals surface area contributed by atoms with Crippen LogP contribution in [0.5, 0.6) is 5.75 Å². The van der Waals surface area contributed by atoms with Crippen molar-refractivity contribution < 1.29 is 27.4 Å². The van der Waals surface area contributed by atoms with Crippen molar-refractivity contribution in [1.82, 2.24) is 0 Å². The van der Waals surface area contributed by atoms with E-state index in [2.05, 4.69) is 5.32 Å². The highest BCUT2D eigenvalue weighted by molar-refractivity contribution is 5.95. The number of carbonyl (C=O) groups is 1. The van der Waals surface area contributed by atoms with Crippen LogP contribution < -0.4 is 15.0 Å². The second-order valence-corrected chi connectivity index (χ2v) is 6.48. The number of morpholine rings is 1. The Morgan fingerprint density at radius 2 is 1.82 bits per heavy atom. The number of nitrogens with one attached hydrogen (secondary N) is 1. The maximum absolute atomic E-state index is 13.1. The first-order valence-electron chi connectivity index (χ1n) is 8.86. The van der Waals surface area contributed by atoms with Crippen LogP contribution in [0, 0.1) is 6.92 Å². The topological polar surface area (TPSA) is 50.8 Å². The molecule has 0 unspecified atom stereocenters. The summed E-state index contributed by atoms with van der Waals surface area (Å²) in [6, 6.07) is 10.5. The standard InChI is InChI=1S/C20H21F3N2O3/c1-14-2-5-16(6-3-14)28-13-19(26)24-17-12-15(20(21,22)23)4-7-18(17)25-8-10-27-11-9-25/h2-7,12H,8-11,13H2,1H3,(H,24,26). The summed E-state index contributed by atoms with van der Waals surface area (Å²) in [4.78, 5) is 14.2. The van der Waals surface area contributed by atoms with Crippen LogP contribution in [0.1, 0.15) is 11.1 Å². The zero-order chi connectivity index (χ0) is 20.1. The van der Waals surface area contributed by atoms with Gasteiger partial charge in [0, 0.05) is 13.1 Å². The number of aryl methyl sites for hydroxylation is 1. The minimum atomic E-state index is -4.50. The summed E-state index contributed by atoms with van der Waals surface area (Å²) < 4.78 is 50.0. The van der Waals surface area contributed by atoms with Gasteiger partial charge in [-0.25, -0.2) is 0 Å². The third-order valence-electron chi connectivity index (χ3n) is 4.34. The first kappa shape index (κ1) is 20.0. The van der Waals surface area contributed by atoms with Crippen molar-refractivity contribution in [3.05, 3.63) is 53.6 Å². The average Bonchev–Trinajstić information content (AvgIpc) is 2.67. The number of rotatable bonds is 5. The average molecular weight is 394 g/mol. The molecule has 0 aromatic heterocycles. The summed E-state index contributed by atoms with van der Waals surface area (Å²) >= 11 is 0. The molecule has 1 aliphatic heterocycles. The number of nitrogens with zero attached hydrogens (tertiary/aromatic N) is 1. The van der Waals surface area contributed by atoms with Gasteiger partial charge in [0.25, 0.3) is 5.91 Å². The lowest BCUT2D eigenvalue weighted by molar-refractivity contribution is -0.137. The van der Waals surface area contributed by atoms with Gasteiger partial charge in [0.1, 0.15) is 5.75 Å². The lowest BCUT2D eigenvalue weighted by Gasteiger charge is -2.31. The molecule has 2 aromatic carbocycles. The Hall–Kier alpha value is -2.74. The summed E-state index contributed by atoms with van der Waals surface area (Å²) in [5.74, 6) is -0.0207. The summed E-state index contributed by atoms with van der Waals surface area (Å²) in [7, 11) is 0. The van der Waals surface area contributed by atoms with Crippen LogP contribution in [0.3, 0.4) is 0 Å². The summed E-state index contributed by atoms with van der Waals surface area (Å²) in [6.07, 6.45) is -4.50. The van der Waals surface area contributed by atoms with Gasteiger partial charge in [0.05, 0.1) is 30.2 Å². The molecular formula is C20H21F3N2O3. The SMILES string of the molecule is Cc1ccc(OCC(=O)Nc2cc(C(F)(F)F)ccc2N2CCOCC2)cc1. The zero-order valence-corrected chi connectivity index (χ0v) is 15.4. The van der Waals surface area contributed by atoms with Gasteiger partial charge in [-0.15, -0.1) is 0 Å². The van der Waals surface area contributed by atoms with E-state index in [9.17, 15) is 18.0 Å². The Balaban J connectivity index is 1.75. The zero-order valence-electron chi connectivity index (χ0n) is 15.4. The molecule has 1 fully saturated rings. The van der Waals surface area contributed by atoms with Gasteiger partial charge < -0.3 is 19.7 Å². The van der Waals surface area contributed by atoms with E-state index in [0.717, 1.165) is 17.7 Å². The predicted octanol–water partition coefficient (Wildman–Crippen LogP) is 3.87. The summed E-state index contributed by atoms with van der Waals surface area (Å²) in [5.41, 5.74) is 0.865. The molecule has 28 heavy (non-hydrogen) atoms. The molecule has 3 rings (SSSR count). The van der Waals surface area contributed by atoms with Crippen molar-refractivity contribution in [3.63, 3.8) is 0 Å². The second-order valence-electron chi connectivity index (χ2n) is 6.48. The number of benzene rings is 2. The molecule has 1 amide bonds. The smallest absolute Gasteiger partial charge is 0.416 e. The molecule has 2 aromatic rings. The quantitative estimate of drug-likeness (QED) is 0.837. The monoisotopic (exact) mass is 394 g/mol. The molecule has 0 atom stereocenters. The molecular weight excluding hydrogens is 373 g/mol. The highest BCUT2D eigenvalue weighted by Crippen LogP contribution is 2.35. The third-order valence-corrected chi connectivity index (χ3v) is 4.34. The molecule has 1 heterocycles. The van der Waals surface area contributed by atoms with E-state index < -0.39 is 17.6 Å². The third kappa shape index (κ3) is 5.16. The minimum absolute atomic E-state index is 0.106. The van der Waals surface area contributed by atoms with Gasteiger partial charge >= 0.3 is 6.18 Å². The van der Waals surface area contributed by atoms with Crippen LogP contribution in [0.25, 0.3) is 0 Å². The molecule has 0 bridgehead atoms. The van der Waals surface area contributed by atoms with Crippen LogP contribution in [0.15, 0.2) is 42.5 Å². The number of hydrogen-bond donors (Lipinski definition) is 1. The molecule has 0 aliphatic carbocycles. The summed E-state index contributed by atoms with van der Waals surface area (Å²) in [5, 5.41) is 2.56. The van der Waals surface area contributed by atoms with E-state index in [4.69, 9.17) is 9.47 Å². The lowest BCUT2D eigenvalue weighted by Crippen LogP contribution is -2.37. The highest BCUT2D eigenvalue weighted by Gasteiger charge is 2.32. The van der Waals surface area contributed by atoms with E-state index in [1.54, 1.807) is 12.1 Å². The van der Waals surface area contributed by atoms with Crippen molar-refractivity contribution in [2.45, 2.75) is 13.1 Å². The van der Waals surface area contributed by atoms with Gasteiger partial charge in [-0.05, 0) is 37.3 Å². The van der Waals surface area contributed by atoms with Crippen LogP contribution in [0.2, 0.25) is 0 Å². The van der Waals surface area contributed by atoms with E-state index in [0.29, 0.717) is 37.7 Å². The number of ether oxygens (including phenoxy) is 2. The van der Waals surface area contributed by atoms with Crippen LogP contribution in [0.4, 0.5) is 24.5 Å². The second kappa shape index (κ2) is 8.52. The van der Waals surface area contributed by atoms with Crippen LogP contribution in [-0.2, 0) is 15.7 Å². The molecule has 1 N–H and O–H groups in total. The fourth-order valence-corrected chi connectivity index (χ4v) is 2.86. The Morgan fingerprint density at radius 3 is 2.46 bits per heavy atom. The molecule has 5 nitrogen and oxygen atoms in total. The Bertz CT molecular complexity index is 816. The maximum atomic E-state index is 13.1. The van der Waals surface area contributed by atoms with E-state index in [-0.39, 0.29) is 12.3 Å².